The standard InChI is InChI=1S/C31H38N10O2/c1-33-25-16-20(8-10-24(25)32)29(42)40-14-12-39(13-15-40)23-9-11-27(34-19-23)36-31-35-18-21-17-26(30(43)38(2)3)41(28(21)37-31)22-6-4-5-7-22/h8-11,16-19,22,33H,4-7,12-15,32H2,1-3H3,(H,34,35,36,37). The molecule has 12 heteroatoms. The molecule has 1 aromatic carbocycles. The lowest BCUT2D eigenvalue weighted by atomic mass is 10.1. The van der Waals surface area contributed by atoms with Crippen molar-refractivity contribution in [2.45, 2.75) is 31.7 Å². The Labute approximate surface area is 250 Å². The quantitative estimate of drug-likeness (QED) is 0.276. The van der Waals surface area contributed by atoms with Gasteiger partial charge in [0.25, 0.3) is 11.8 Å². The molecule has 0 atom stereocenters. The van der Waals surface area contributed by atoms with Crippen LogP contribution in [0.1, 0.15) is 52.6 Å². The van der Waals surface area contributed by atoms with Crippen molar-refractivity contribution in [2.75, 3.05) is 68.6 Å². The van der Waals surface area contributed by atoms with Gasteiger partial charge in [-0.15, -0.1) is 0 Å². The van der Waals surface area contributed by atoms with Crippen LogP contribution in [-0.2, 0) is 0 Å². The van der Waals surface area contributed by atoms with Crippen LogP contribution in [0.4, 0.5) is 28.8 Å². The average Bonchev–Trinajstić information content (AvgIpc) is 3.69. The maximum Gasteiger partial charge on any atom is 0.270 e. The van der Waals surface area contributed by atoms with Crippen molar-refractivity contribution in [2.24, 2.45) is 0 Å². The molecule has 0 radical (unpaired) electrons. The first-order valence-corrected chi connectivity index (χ1v) is 14.8. The minimum Gasteiger partial charge on any atom is -0.397 e. The molecule has 0 spiro atoms. The molecule has 0 bridgehead atoms. The van der Waals surface area contributed by atoms with Crippen LogP contribution in [0.25, 0.3) is 11.0 Å². The molecule has 1 aliphatic carbocycles. The minimum atomic E-state index is -0.0324. The first-order valence-electron chi connectivity index (χ1n) is 14.8. The fourth-order valence-electron chi connectivity index (χ4n) is 6.01. The average molecular weight is 583 g/mol. The number of pyridine rings is 1. The summed E-state index contributed by atoms with van der Waals surface area (Å²) in [5, 5.41) is 7.11. The van der Waals surface area contributed by atoms with Gasteiger partial charge in [0.15, 0.2) is 0 Å². The number of hydrogen-bond acceptors (Lipinski definition) is 9. The molecule has 6 rings (SSSR count). The van der Waals surface area contributed by atoms with Gasteiger partial charge in [-0.25, -0.2) is 9.97 Å². The zero-order valence-electron chi connectivity index (χ0n) is 24.9. The molecule has 224 valence electrons. The fraction of sp³-hybridized carbons (Fsp3) is 0.387. The Morgan fingerprint density at radius 1 is 0.977 bits per heavy atom. The Kier molecular flexibility index (Phi) is 7.75. The first-order chi connectivity index (χ1) is 20.8. The number of benzene rings is 1. The van der Waals surface area contributed by atoms with Crippen molar-refractivity contribution in [1.82, 2.24) is 29.3 Å². The molecule has 1 aliphatic heterocycles. The van der Waals surface area contributed by atoms with Crippen molar-refractivity contribution >= 4 is 51.7 Å². The van der Waals surface area contributed by atoms with Crippen molar-refractivity contribution in [3.05, 3.63) is 60.0 Å². The third-order valence-electron chi connectivity index (χ3n) is 8.38. The van der Waals surface area contributed by atoms with Gasteiger partial charge >= 0.3 is 0 Å². The van der Waals surface area contributed by atoms with Crippen molar-refractivity contribution in [1.29, 1.82) is 0 Å². The number of hydrogen-bond donors (Lipinski definition) is 3. The summed E-state index contributed by atoms with van der Waals surface area (Å²) in [4.78, 5) is 45.7. The number of rotatable bonds is 7. The maximum atomic E-state index is 13.1. The molecule has 0 unspecified atom stereocenters. The second-order valence-corrected chi connectivity index (χ2v) is 11.4. The molecule has 2 amide bonds. The summed E-state index contributed by atoms with van der Waals surface area (Å²) in [5.41, 5.74) is 10.4. The Balaban J connectivity index is 1.13. The number of nitrogen functional groups attached to an aromatic ring is 1. The summed E-state index contributed by atoms with van der Waals surface area (Å²) in [5.74, 6) is 1.03. The van der Waals surface area contributed by atoms with Gasteiger partial charge in [-0.05, 0) is 49.2 Å². The highest BCUT2D eigenvalue weighted by Crippen LogP contribution is 2.35. The third kappa shape index (κ3) is 5.64. The maximum absolute atomic E-state index is 13.1. The van der Waals surface area contributed by atoms with Crippen LogP contribution in [-0.4, -0.2) is 88.5 Å². The first kappa shape index (κ1) is 28.3. The Morgan fingerprint density at radius 3 is 2.42 bits per heavy atom. The number of nitrogens with one attached hydrogen (secondary N) is 2. The molecule has 2 aliphatic rings. The molecule has 4 N–H and O–H groups in total. The van der Waals surface area contributed by atoms with Gasteiger partial charge in [0.1, 0.15) is 17.2 Å². The highest BCUT2D eigenvalue weighted by molar-refractivity contribution is 5.98. The van der Waals surface area contributed by atoms with Crippen LogP contribution in [0.3, 0.4) is 0 Å². The molecular weight excluding hydrogens is 544 g/mol. The molecule has 2 fully saturated rings. The second kappa shape index (κ2) is 11.8. The van der Waals surface area contributed by atoms with E-state index in [0.29, 0.717) is 54.9 Å². The number of anilines is 5. The van der Waals surface area contributed by atoms with Crippen LogP contribution >= 0.6 is 0 Å². The monoisotopic (exact) mass is 582 g/mol. The number of nitrogens with zero attached hydrogens (tertiary/aromatic N) is 7. The molecule has 1 saturated carbocycles. The van der Waals surface area contributed by atoms with Crippen LogP contribution in [0.2, 0.25) is 0 Å². The number of carbonyl (C=O) groups excluding carboxylic acids is 2. The highest BCUT2D eigenvalue weighted by Gasteiger charge is 2.27. The number of fused-ring (bicyclic) bond motifs is 1. The topological polar surface area (TPSA) is 138 Å². The van der Waals surface area contributed by atoms with E-state index in [1.165, 1.54) is 0 Å². The Bertz CT molecular complexity index is 1630. The van der Waals surface area contributed by atoms with Crippen LogP contribution in [0.15, 0.2) is 48.8 Å². The van der Waals surface area contributed by atoms with Crippen molar-refractivity contribution in [3.63, 3.8) is 0 Å². The predicted molar refractivity (Wildman–Crippen MR) is 169 cm³/mol. The fourth-order valence-corrected chi connectivity index (χ4v) is 6.01. The molecular formula is C31H38N10O2. The Morgan fingerprint density at radius 2 is 1.74 bits per heavy atom. The van der Waals surface area contributed by atoms with Crippen LogP contribution < -0.4 is 21.3 Å². The summed E-state index contributed by atoms with van der Waals surface area (Å²) in [6.45, 7) is 2.65. The van der Waals surface area contributed by atoms with E-state index in [1.807, 2.05) is 29.3 Å². The zero-order chi connectivity index (χ0) is 30.1. The molecule has 4 aromatic rings. The lowest BCUT2D eigenvalue weighted by Gasteiger charge is -2.36. The molecule has 12 nitrogen and oxygen atoms in total. The van der Waals surface area contributed by atoms with Gasteiger partial charge in [-0.3, -0.25) is 9.59 Å². The van der Waals surface area contributed by atoms with Crippen molar-refractivity contribution < 1.29 is 9.59 Å². The van der Waals surface area contributed by atoms with Gasteiger partial charge in [0, 0.05) is 70.5 Å². The summed E-state index contributed by atoms with van der Waals surface area (Å²) in [6, 6.07) is 11.4. The Hall–Kier alpha value is -4.87. The van der Waals surface area contributed by atoms with E-state index >= 15 is 0 Å². The van der Waals surface area contributed by atoms with Gasteiger partial charge in [-0.1, -0.05) is 12.8 Å². The van der Waals surface area contributed by atoms with Crippen LogP contribution in [0.5, 0.6) is 0 Å². The largest absolute Gasteiger partial charge is 0.397 e. The summed E-state index contributed by atoms with van der Waals surface area (Å²) >= 11 is 0. The highest BCUT2D eigenvalue weighted by atomic mass is 16.2. The van der Waals surface area contributed by atoms with Crippen molar-refractivity contribution in [3.8, 4) is 0 Å². The van der Waals surface area contributed by atoms with Gasteiger partial charge in [0.2, 0.25) is 5.95 Å². The lowest BCUT2D eigenvalue weighted by molar-refractivity contribution is 0.0746. The second-order valence-electron chi connectivity index (χ2n) is 11.4. The van der Waals surface area contributed by atoms with E-state index in [2.05, 4.69) is 30.1 Å². The lowest BCUT2D eigenvalue weighted by Crippen LogP contribution is -2.48. The number of amides is 2. The third-order valence-corrected chi connectivity index (χ3v) is 8.38. The number of piperazine rings is 1. The number of nitrogens with two attached hydrogens (primary N) is 1. The molecule has 4 heterocycles. The molecule has 3 aromatic heterocycles. The van der Waals surface area contributed by atoms with E-state index < -0.39 is 0 Å². The van der Waals surface area contributed by atoms with Gasteiger partial charge < -0.3 is 35.6 Å². The number of carbonyl (C=O) groups is 2. The summed E-state index contributed by atoms with van der Waals surface area (Å²) < 4.78 is 2.10. The summed E-state index contributed by atoms with van der Waals surface area (Å²) in [7, 11) is 5.33. The van der Waals surface area contributed by atoms with Gasteiger partial charge in [-0.2, -0.15) is 4.98 Å². The SMILES string of the molecule is CNc1cc(C(=O)N2CCN(c3ccc(Nc4ncc5cc(C(=O)N(C)C)n(C6CCCC6)c5n4)nc3)CC2)ccc1N. The van der Waals surface area contributed by atoms with E-state index in [4.69, 9.17) is 10.7 Å². The number of aromatic nitrogens is 4. The molecule has 43 heavy (non-hydrogen) atoms. The smallest absolute Gasteiger partial charge is 0.270 e. The van der Waals surface area contributed by atoms with E-state index in [9.17, 15) is 9.59 Å². The van der Waals surface area contributed by atoms with E-state index in [1.54, 1.807) is 50.4 Å². The zero-order valence-corrected chi connectivity index (χ0v) is 24.9. The van der Waals surface area contributed by atoms with E-state index in [-0.39, 0.29) is 17.9 Å². The summed E-state index contributed by atoms with van der Waals surface area (Å²) in [6.07, 6.45) is 7.96. The predicted octanol–water partition coefficient (Wildman–Crippen LogP) is 3.97. The van der Waals surface area contributed by atoms with Gasteiger partial charge in [0.05, 0.1) is 23.3 Å². The van der Waals surface area contributed by atoms with Crippen LogP contribution in [0, 0.1) is 0 Å². The van der Waals surface area contributed by atoms with E-state index in [0.717, 1.165) is 48.1 Å². The normalized spacial score (nSPS) is 15.6. The minimum absolute atomic E-state index is 0.00284. The molecule has 1 saturated heterocycles.